The van der Waals surface area contributed by atoms with Crippen LogP contribution in [0.2, 0.25) is 0 Å². The highest BCUT2D eigenvalue weighted by molar-refractivity contribution is 5.85. The Morgan fingerprint density at radius 2 is 1.96 bits per heavy atom. The Hall–Kier alpha value is -0.730. The number of methoxy groups -OCH3 is 1. The van der Waals surface area contributed by atoms with E-state index in [1.165, 1.54) is 70.1 Å². The summed E-state index contributed by atoms with van der Waals surface area (Å²) in [6.45, 7) is 6.33. The van der Waals surface area contributed by atoms with Crippen LogP contribution in [0.4, 0.5) is 0 Å². The predicted molar refractivity (Wildman–Crippen MR) is 100.0 cm³/mol. The lowest BCUT2D eigenvalue weighted by atomic mass is 9.80. The molecule has 2 aliphatic rings. The molecule has 23 heavy (non-hydrogen) atoms. The molecular formula is C20H32ClNO. The van der Waals surface area contributed by atoms with Gasteiger partial charge in [-0.25, -0.2) is 0 Å². The van der Waals surface area contributed by atoms with Crippen molar-refractivity contribution in [3.63, 3.8) is 0 Å². The number of ether oxygens (including phenoxy) is 1. The second-order valence-electron chi connectivity index (χ2n) is 7.32. The number of fused-ring (bicyclic) bond motifs is 1. The molecule has 1 atom stereocenters. The van der Waals surface area contributed by atoms with Crippen LogP contribution in [0.3, 0.4) is 0 Å². The predicted octanol–water partition coefficient (Wildman–Crippen LogP) is 5.05. The summed E-state index contributed by atoms with van der Waals surface area (Å²) in [4.78, 5) is 2.68. The van der Waals surface area contributed by atoms with E-state index in [-0.39, 0.29) is 12.4 Å². The minimum atomic E-state index is 0. The highest BCUT2D eigenvalue weighted by atomic mass is 35.5. The largest absolute Gasteiger partial charge is 0.497 e. The van der Waals surface area contributed by atoms with Gasteiger partial charge in [0.15, 0.2) is 0 Å². The number of nitrogens with zero attached hydrogens (tertiary/aromatic N) is 1. The van der Waals surface area contributed by atoms with E-state index >= 15 is 0 Å². The third kappa shape index (κ3) is 4.87. The fourth-order valence-electron chi connectivity index (χ4n) is 4.17. The van der Waals surface area contributed by atoms with Crippen molar-refractivity contribution in [3.05, 3.63) is 29.3 Å². The molecule has 1 aliphatic heterocycles. The van der Waals surface area contributed by atoms with Crippen molar-refractivity contribution in [3.8, 4) is 5.75 Å². The number of aryl methyl sites for hydroxylation is 1. The highest BCUT2D eigenvalue weighted by Gasteiger charge is 2.21. The van der Waals surface area contributed by atoms with Gasteiger partial charge in [0, 0.05) is 0 Å². The summed E-state index contributed by atoms with van der Waals surface area (Å²) in [6.07, 6.45) is 9.43. The maximum Gasteiger partial charge on any atom is 0.119 e. The fourth-order valence-corrected chi connectivity index (χ4v) is 4.17. The summed E-state index contributed by atoms with van der Waals surface area (Å²) in [5.74, 6) is 2.73. The number of hydrogen-bond donors (Lipinski definition) is 0. The third-order valence-electron chi connectivity index (χ3n) is 5.69. The lowest BCUT2D eigenvalue weighted by Crippen LogP contribution is -2.33. The molecule has 0 aromatic heterocycles. The quantitative estimate of drug-likeness (QED) is 0.745. The van der Waals surface area contributed by atoms with Crippen molar-refractivity contribution in [2.24, 2.45) is 5.92 Å². The summed E-state index contributed by atoms with van der Waals surface area (Å²) in [5.41, 5.74) is 3.13. The monoisotopic (exact) mass is 337 g/mol. The Kier molecular flexibility index (Phi) is 7.23. The van der Waals surface area contributed by atoms with Gasteiger partial charge in [-0.15, -0.1) is 12.4 Å². The lowest BCUT2D eigenvalue weighted by Gasteiger charge is -2.31. The number of piperidine rings is 1. The van der Waals surface area contributed by atoms with Gasteiger partial charge in [0.1, 0.15) is 5.75 Å². The molecule has 1 heterocycles. The van der Waals surface area contributed by atoms with Crippen molar-refractivity contribution >= 4 is 12.4 Å². The van der Waals surface area contributed by atoms with Gasteiger partial charge in [-0.05, 0) is 99.7 Å². The minimum absolute atomic E-state index is 0. The zero-order valence-corrected chi connectivity index (χ0v) is 15.5. The fraction of sp³-hybridized carbons (Fsp3) is 0.700. The maximum atomic E-state index is 5.38. The first-order valence-electron chi connectivity index (χ1n) is 9.15. The highest BCUT2D eigenvalue weighted by Crippen LogP contribution is 2.36. The molecule has 1 aromatic rings. The van der Waals surface area contributed by atoms with Gasteiger partial charge in [-0.3, -0.25) is 0 Å². The SMILES string of the molecule is COc1ccc2c(c1)CCCC2CCCN1CCC(C)CC1.Cl. The smallest absolute Gasteiger partial charge is 0.119 e. The summed E-state index contributed by atoms with van der Waals surface area (Å²) in [6, 6.07) is 6.72. The van der Waals surface area contributed by atoms with Gasteiger partial charge >= 0.3 is 0 Å². The number of likely N-dealkylation sites (tertiary alicyclic amines) is 1. The molecule has 1 aliphatic carbocycles. The average Bonchev–Trinajstić information content (AvgIpc) is 2.56. The average molecular weight is 338 g/mol. The van der Waals surface area contributed by atoms with E-state index in [0.717, 1.165) is 17.6 Å². The normalized spacial score (nSPS) is 22.3. The van der Waals surface area contributed by atoms with Gasteiger partial charge in [0.05, 0.1) is 7.11 Å². The second kappa shape index (κ2) is 8.94. The van der Waals surface area contributed by atoms with Crippen LogP contribution in [0.5, 0.6) is 5.75 Å². The maximum absolute atomic E-state index is 5.38. The molecule has 0 spiro atoms. The van der Waals surface area contributed by atoms with Crippen LogP contribution in [-0.2, 0) is 6.42 Å². The minimum Gasteiger partial charge on any atom is -0.497 e. The van der Waals surface area contributed by atoms with Crippen molar-refractivity contribution < 1.29 is 4.74 Å². The van der Waals surface area contributed by atoms with E-state index in [2.05, 4.69) is 30.0 Å². The number of rotatable bonds is 5. The van der Waals surface area contributed by atoms with Gasteiger partial charge in [-0.2, -0.15) is 0 Å². The first-order valence-corrected chi connectivity index (χ1v) is 9.15. The molecule has 1 fully saturated rings. The van der Waals surface area contributed by atoms with Crippen LogP contribution in [-0.4, -0.2) is 31.6 Å². The van der Waals surface area contributed by atoms with E-state index in [0.29, 0.717) is 0 Å². The molecule has 3 heteroatoms. The standard InChI is InChI=1S/C20H31NO.ClH/c1-16-10-13-21(14-11-16)12-4-7-17-5-3-6-18-15-19(22-2)8-9-20(17)18;/h8-9,15-17H,3-7,10-14H2,1-2H3;1H. The summed E-state index contributed by atoms with van der Waals surface area (Å²) in [7, 11) is 1.77. The van der Waals surface area contributed by atoms with Crippen molar-refractivity contribution in [2.75, 3.05) is 26.7 Å². The second-order valence-corrected chi connectivity index (χ2v) is 7.32. The van der Waals surface area contributed by atoms with E-state index in [9.17, 15) is 0 Å². The van der Waals surface area contributed by atoms with Crippen LogP contribution < -0.4 is 4.74 Å². The molecule has 1 unspecified atom stereocenters. The molecule has 1 aromatic carbocycles. The van der Waals surface area contributed by atoms with Crippen molar-refractivity contribution in [1.29, 1.82) is 0 Å². The van der Waals surface area contributed by atoms with Crippen molar-refractivity contribution in [2.45, 2.75) is 57.8 Å². The lowest BCUT2D eigenvalue weighted by molar-refractivity contribution is 0.188. The molecule has 0 radical (unpaired) electrons. The molecule has 3 rings (SSSR count). The van der Waals surface area contributed by atoms with Crippen molar-refractivity contribution in [1.82, 2.24) is 4.90 Å². The van der Waals surface area contributed by atoms with E-state index in [1.54, 1.807) is 12.7 Å². The molecular weight excluding hydrogens is 306 g/mol. The molecule has 130 valence electrons. The first kappa shape index (κ1) is 18.6. The summed E-state index contributed by atoms with van der Waals surface area (Å²) < 4.78 is 5.38. The third-order valence-corrected chi connectivity index (χ3v) is 5.69. The Morgan fingerprint density at radius 3 is 2.70 bits per heavy atom. The van der Waals surface area contributed by atoms with Crippen LogP contribution in [0, 0.1) is 5.92 Å². The van der Waals surface area contributed by atoms with Crippen LogP contribution >= 0.6 is 12.4 Å². The topological polar surface area (TPSA) is 12.5 Å². The summed E-state index contributed by atoms with van der Waals surface area (Å²) >= 11 is 0. The van der Waals surface area contributed by atoms with E-state index in [4.69, 9.17) is 4.74 Å². The van der Waals surface area contributed by atoms with E-state index < -0.39 is 0 Å². The number of hydrogen-bond acceptors (Lipinski definition) is 2. The Bertz CT molecular complexity index is 483. The van der Waals surface area contributed by atoms with Gasteiger partial charge < -0.3 is 9.64 Å². The molecule has 0 amide bonds. The Balaban J connectivity index is 0.00000192. The number of benzene rings is 1. The zero-order valence-electron chi connectivity index (χ0n) is 14.7. The van der Waals surface area contributed by atoms with Crippen LogP contribution in [0.1, 0.15) is 62.5 Å². The Morgan fingerprint density at radius 1 is 1.17 bits per heavy atom. The molecule has 1 saturated heterocycles. The molecule has 0 saturated carbocycles. The first-order chi connectivity index (χ1) is 10.8. The molecule has 2 nitrogen and oxygen atoms in total. The van der Waals surface area contributed by atoms with Crippen LogP contribution in [0.25, 0.3) is 0 Å². The van der Waals surface area contributed by atoms with Gasteiger partial charge in [-0.1, -0.05) is 13.0 Å². The summed E-state index contributed by atoms with van der Waals surface area (Å²) in [5, 5.41) is 0. The molecule has 0 N–H and O–H groups in total. The van der Waals surface area contributed by atoms with Gasteiger partial charge in [0.25, 0.3) is 0 Å². The zero-order chi connectivity index (χ0) is 15.4. The Labute approximate surface area is 148 Å². The van der Waals surface area contributed by atoms with Gasteiger partial charge in [0.2, 0.25) is 0 Å². The number of halogens is 1. The van der Waals surface area contributed by atoms with Crippen LogP contribution in [0.15, 0.2) is 18.2 Å². The molecule has 0 bridgehead atoms. The van der Waals surface area contributed by atoms with E-state index in [1.807, 2.05) is 0 Å².